The van der Waals surface area contributed by atoms with Gasteiger partial charge >= 0.3 is 5.97 Å². The molecule has 2 heterocycles. The van der Waals surface area contributed by atoms with Gasteiger partial charge in [0.1, 0.15) is 17.4 Å². The molecule has 1 aliphatic carbocycles. The third-order valence-corrected chi connectivity index (χ3v) is 8.76. The van der Waals surface area contributed by atoms with Crippen LogP contribution in [0.3, 0.4) is 0 Å². The Morgan fingerprint density at radius 3 is 2.44 bits per heavy atom. The summed E-state index contributed by atoms with van der Waals surface area (Å²) in [6.45, 7) is 7.53. The van der Waals surface area contributed by atoms with Crippen LogP contribution in [0.1, 0.15) is 47.2 Å². The molecule has 0 atom stereocenters. The summed E-state index contributed by atoms with van der Waals surface area (Å²) >= 11 is 7.74. The van der Waals surface area contributed by atoms with Crippen molar-refractivity contribution in [3.63, 3.8) is 0 Å². The lowest BCUT2D eigenvalue weighted by atomic mass is 9.97. The van der Waals surface area contributed by atoms with E-state index in [1.54, 1.807) is 17.0 Å². The molecular weight excluding hydrogens is 536 g/mol. The molecule has 2 aromatic carbocycles. The average Bonchev–Trinajstić information content (AvgIpc) is 3.61. The maximum atomic E-state index is 13.4. The highest BCUT2D eigenvalue weighted by atomic mass is 35.5. The number of anilines is 1. The maximum absolute atomic E-state index is 13.4. The number of amides is 1. The molecule has 206 valence electrons. The fraction of sp³-hybridized carbons (Fsp3) is 0.448. The molecule has 2 fully saturated rings. The summed E-state index contributed by atoms with van der Waals surface area (Å²) in [4.78, 5) is 28.6. The number of halogens is 1. The van der Waals surface area contributed by atoms with Crippen molar-refractivity contribution >= 4 is 39.9 Å². The van der Waals surface area contributed by atoms with Gasteiger partial charge in [0.05, 0.1) is 16.5 Å². The molecule has 5 rings (SSSR count). The van der Waals surface area contributed by atoms with E-state index < -0.39 is 5.97 Å². The first-order valence-corrected chi connectivity index (χ1v) is 14.6. The molecule has 1 aliphatic heterocycles. The molecule has 0 radical (unpaired) electrons. The highest BCUT2D eigenvalue weighted by molar-refractivity contribution is 7.18. The number of ether oxygens (including phenoxy) is 1. The molecule has 8 nitrogen and oxygen atoms in total. The molecule has 10 heteroatoms. The number of hydrogen-bond donors (Lipinski definition) is 1. The zero-order valence-corrected chi connectivity index (χ0v) is 23.8. The molecule has 0 unspecified atom stereocenters. The Hall–Kier alpha value is -3.01. The first-order chi connectivity index (χ1) is 18.8. The van der Waals surface area contributed by atoms with Crippen LogP contribution in [0.5, 0.6) is 5.75 Å². The van der Waals surface area contributed by atoms with E-state index in [0.29, 0.717) is 47.6 Å². The van der Waals surface area contributed by atoms with E-state index in [1.165, 1.54) is 11.3 Å². The van der Waals surface area contributed by atoms with Crippen LogP contribution in [0.25, 0.3) is 10.6 Å². The van der Waals surface area contributed by atoms with Crippen LogP contribution in [-0.4, -0.2) is 64.9 Å². The lowest BCUT2D eigenvalue weighted by molar-refractivity contribution is -0.143. The number of piperidine rings is 1. The molecule has 0 spiro atoms. The van der Waals surface area contributed by atoms with E-state index >= 15 is 0 Å². The van der Waals surface area contributed by atoms with Crippen molar-refractivity contribution in [2.75, 3.05) is 37.7 Å². The van der Waals surface area contributed by atoms with Crippen LogP contribution in [-0.2, 0) is 4.79 Å². The van der Waals surface area contributed by atoms with Gasteiger partial charge in [-0.05, 0) is 93.9 Å². The van der Waals surface area contributed by atoms with Crippen LogP contribution in [0, 0.1) is 25.7 Å². The number of aromatic nitrogens is 2. The van der Waals surface area contributed by atoms with Gasteiger partial charge in [0, 0.05) is 18.7 Å². The van der Waals surface area contributed by atoms with Gasteiger partial charge in [-0.25, -0.2) is 0 Å². The summed E-state index contributed by atoms with van der Waals surface area (Å²) in [5.41, 5.74) is 3.42. The van der Waals surface area contributed by atoms with Gasteiger partial charge in [-0.1, -0.05) is 35.1 Å². The molecule has 1 amide bonds. The van der Waals surface area contributed by atoms with Gasteiger partial charge in [0.2, 0.25) is 5.13 Å². The fourth-order valence-electron chi connectivity index (χ4n) is 5.01. The number of carboxylic acids is 1. The third-order valence-electron chi connectivity index (χ3n) is 7.43. The second kappa shape index (κ2) is 12.0. The first kappa shape index (κ1) is 27.6. The molecule has 39 heavy (non-hydrogen) atoms. The number of likely N-dealkylation sites (tertiary alicyclic amines) is 1. The van der Waals surface area contributed by atoms with Crippen LogP contribution in [0.15, 0.2) is 36.4 Å². The van der Waals surface area contributed by atoms with Gasteiger partial charge in [-0.3, -0.25) is 19.4 Å². The SMILES string of the molecule is Cc1cc(-c2nnc(N(CC3CC3)C(=O)c3ccccc3Cl)s2)cc(C)c1OCCN1CCC(C(=O)O)CC1. The average molecular weight is 569 g/mol. The fourth-order valence-corrected chi connectivity index (χ4v) is 6.07. The number of nitrogens with zero attached hydrogens (tertiary/aromatic N) is 4. The van der Waals surface area contributed by atoms with Crippen molar-refractivity contribution < 1.29 is 19.4 Å². The lowest BCUT2D eigenvalue weighted by Crippen LogP contribution is -2.38. The van der Waals surface area contributed by atoms with Crippen LogP contribution >= 0.6 is 22.9 Å². The van der Waals surface area contributed by atoms with Crippen molar-refractivity contribution in [2.24, 2.45) is 11.8 Å². The molecular formula is C29H33ClN4O4S. The number of rotatable bonds is 10. The van der Waals surface area contributed by atoms with E-state index in [9.17, 15) is 14.7 Å². The predicted molar refractivity (Wildman–Crippen MR) is 153 cm³/mol. The van der Waals surface area contributed by atoms with Gasteiger partial charge in [0.25, 0.3) is 5.91 Å². The number of aryl methyl sites for hydroxylation is 2. The van der Waals surface area contributed by atoms with Crippen molar-refractivity contribution in [3.8, 4) is 16.3 Å². The number of carboxylic acid groups (broad SMARTS) is 1. The number of benzene rings is 2. The second-order valence-corrected chi connectivity index (χ2v) is 11.8. The monoisotopic (exact) mass is 568 g/mol. The van der Waals surface area contributed by atoms with Gasteiger partial charge in [0.15, 0.2) is 0 Å². The van der Waals surface area contributed by atoms with E-state index in [-0.39, 0.29) is 11.8 Å². The third kappa shape index (κ3) is 6.59. The minimum atomic E-state index is -0.692. The predicted octanol–water partition coefficient (Wildman–Crippen LogP) is 5.71. The van der Waals surface area contributed by atoms with Crippen LogP contribution < -0.4 is 9.64 Å². The number of aliphatic carboxylic acids is 1. The maximum Gasteiger partial charge on any atom is 0.306 e. The Morgan fingerprint density at radius 2 is 1.79 bits per heavy atom. The van der Waals surface area contributed by atoms with Crippen molar-refractivity contribution in [1.82, 2.24) is 15.1 Å². The second-order valence-electron chi connectivity index (χ2n) is 10.5. The van der Waals surface area contributed by atoms with Gasteiger partial charge in [-0.15, -0.1) is 10.2 Å². The Morgan fingerprint density at radius 1 is 1.10 bits per heavy atom. The number of carbonyl (C=O) groups excluding carboxylic acids is 1. The van der Waals surface area contributed by atoms with E-state index in [4.69, 9.17) is 16.3 Å². The molecule has 3 aromatic rings. The summed E-state index contributed by atoms with van der Waals surface area (Å²) in [6.07, 6.45) is 3.60. The summed E-state index contributed by atoms with van der Waals surface area (Å²) in [5.74, 6) is 0.262. The first-order valence-electron chi connectivity index (χ1n) is 13.4. The highest BCUT2D eigenvalue weighted by Gasteiger charge is 2.31. The molecule has 1 N–H and O–H groups in total. The van der Waals surface area contributed by atoms with Gasteiger partial charge in [-0.2, -0.15) is 0 Å². The van der Waals surface area contributed by atoms with Crippen LogP contribution in [0.2, 0.25) is 5.02 Å². The van der Waals surface area contributed by atoms with Crippen LogP contribution in [0.4, 0.5) is 5.13 Å². The quantitative estimate of drug-likeness (QED) is 0.335. The minimum absolute atomic E-state index is 0.154. The summed E-state index contributed by atoms with van der Waals surface area (Å²) in [7, 11) is 0. The standard InChI is InChI=1S/C29H33ClN4O4S/c1-18-15-22(16-19(2)25(18)38-14-13-33-11-9-21(10-12-33)28(36)37)26-31-32-29(39-26)34(17-20-7-8-20)27(35)23-5-3-4-6-24(23)30/h3-6,15-16,20-21H,7-14,17H2,1-2H3,(H,36,37). The molecule has 1 aromatic heterocycles. The molecule has 0 bridgehead atoms. The van der Waals surface area contributed by atoms with E-state index in [2.05, 4.69) is 15.1 Å². The Bertz CT molecular complexity index is 1330. The molecule has 1 saturated heterocycles. The topological polar surface area (TPSA) is 95.9 Å². The zero-order valence-electron chi connectivity index (χ0n) is 22.2. The minimum Gasteiger partial charge on any atom is -0.492 e. The molecule has 1 saturated carbocycles. The Balaban J connectivity index is 1.26. The lowest BCUT2D eigenvalue weighted by Gasteiger charge is -2.30. The van der Waals surface area contributed by atoms with Crippen molar-refractivity contribution in [3.05, 3.63) is 58.1 Å². The summed E-state index contributed by atoms with van der Waals surface area (Å²) in [5, 5.41) is 19.8. The molecule has 2 aliphatic rings. The number of carbonyl (C=O) groups is 2. The van der Waals surface area contributed by atoms with E-state index in [0.717, 1.165) is 59.9 Å². The zero-order chi connectivity index (χ0) is 27.5. The van der Waals surface area contributed by atoms with Crippen molar-refractivity contribution in [1.29, 1.82) is 0 Å². The number of hydrogen-bond acceptors (Lipinski definition) is 7. The summed E-state index contributed by atoms with van der Waals surface area (Å²) in [6, 6.07) is 11.2. The Kier molecular flexibility index (Phi) is 8.49. The van der Waals surface area contributed by atoms with E-state index in [1.807, 2.05) is 38.1 Å². The smallest absolute Gasteiger partial charge is 0.306 e. The highest BCUT2D eigenvalue weighted by Crippen LogP contribution is 2.37. The normalized spacial score (nSPS) is 16.3. The summed E-state index contributed by atoms with van der Waals surface area (Å²) < 4.78 is 6.17. The van der Waals surface area contributed by atoms with Gasteiger partial charge < -0.3 is 9.84 Å². The Labute approximate surface area is 237 Å². The van der Waals surface area contributed by atoms with Crippen molar-refractivity contribution in [2.45, 2.75) is 39.5 Å². The largest absolute Gasteiger partial charge is 0.492 e.